The number of rotatable bonds is 4. The van der Waals surface area contributed by atoms with Gasteiger partial charge in [-0.1, -0.05) is 58.4 Å². The lowest BCUT2D eigenvalue weighted by Gasteiger charge is -2.14. The zero-order chi connectivity index (χ0) is 16.2. The Bertz CT molecular complexity index is 794. The van der Waals surface area contributed by atoms with Gasteiger partial charge in [-0.25, -0.2) is 0 Å². The van der Waals surface area contributed by atoms with Gasteiger partial charge in [0.05, 0.1) is 12.3 Å². The van der Waals surface area contributed by atoms with Gasteiger partial charge >= 0.3 is 0 Å². The van der Waals surface area contributed by atoms with E-state index in [2.05, 4.69) is 21.2 Å². The first-order valence-electron chi connectivity index (χ1n) is 7.34. The van der Waals surface area contributed by atoms with Gasteiger partial charge in [-0.3, -0.25) is 4.79 Å². The lowest BCUT2D eigenvalue weighted by atomic mass is 10.1. The van der Waals surface area contributed by atoms with Gasteiger partial charge in [0.2, 0.25) is 0 Å². The Hall–Kier alpha value is -2.33. The first-order valence-corrected chi connectivity index (χ1v) is 8.13. The van der Waals surface area contributed by atoms with Crippen molar-refractivity contribution in [1.29, 1.82) is 0 Å². The van der Waals surface area contributed by atoms with Crippen LogP contribution in [0.3, 0.4) is 0 Å². The highest BCUT2D eigenvalue weighted by Crippen LogP contribution is 2.25. The molecule has 0 aliphatic rings. The van der Waals surface area contributed by atoms with Crippen molar-refractivity contribution in [2.75, 3.05) is 0 Å². The third-order valence-electron chi connectivity index (χ3n) is 3.67. The van der Waals surface area contributed by atoms with E-state index in [1.165, 1.54) is 0 Å². The molecule has 1 N–H and O–H groups in total. The van der Waals surface area contributed by atoms with E-state index in [0.29, 0.717) is 5.76 Å². The molecule has 0 radical (unpaired) electrons. The summed E-state index contributed by atoms with van der Waals surface area (Å²) in [6, 6.07) is 19.3. The number of carbonyl (C=O) groups is 1. The molecule has 0 fully saturated rings. The molecule has 0 saturated heterocycles. The van der Waals surface area contributed by atoms with Gasteiger partial charge in [0.1, 0.15) is 0 Å². The summed E-state index contributed by atoms with van der Waals surface area (Å²) in [7, 11) is 0. The van der Waals surface area contributed by atoms with Crippen molar-refractivity contribution in [3.8, 4) is 11.1 Å². The number of amides is 1. The van der Waals surface area contributed by atoms with Crippen molar-refractivity contribution in [3.63, 3.8) is 0 Å². The van der Waals surface area contributed by atoms with Crippen molar-refractivity contribution in [1.82, 2.24) is 5.32 Å². The van der Waals surface area contributed by atoms with Crippen molar-refractivity contribution in [2.24, 2.45) is 0 Å². The second-order valence-corrected chi connectivity index (χ2v) is 6.19. The van der Waals surface area contributed by atoms with E-state index in [4.69, 9.17) is 4.42 Å². The minimum absolute atomic E-state index is 0.107. The summed E-state index contributed by atoms with van der Waals surface area (Å²) in [4.78, 5) is 12.5. The summed E-state index contributed by atoms with van der Waals surface area (Å²) in [6.07, 6.45) is 1.54. The third-order valence-corrected chi connectivity index (χ3v) is 4.20. The van der Waals surface area contributed by atoms with Crippen LogP contribution in [-0.4, -0.2) is 5.91 Å². The van der Waals surface area contributed by atoms with Crippen LogP contribution < -0.4 is 5.32 Å². The smallest absolute Gasteiger partial charge is 0.288 e. The first-order chi connectivity index (χ1) is 11.1. The average molecular weight is 370 g/mol. The molecule has 0 saturated carbocycles. The quantitative estimate of drug-likeness (QED) is 0.686. The Morgan fingerprint density at radius 3 is 2.43 bits per heavy atom. The number of halogens is 1. The van der Waals surface area contributed by atoms with Gasteiger partial charge in [0.25, 0.3) is 5.91 Å². The Labute approximate surface area is 143 Å². The molecular weight excluding hydrogens is 354 g/mol. The van der Waals surface area contributed by atoms with Gasteiger partial charge in [-0.05, 0) is 36.2 Å². The van der Waals surface area contributed by atoms with Gasteiger partial charge < -0.3 is 9.73 Å². The SMILES string of the molecule is CC(NC(=O)c1occc1-c1ccccc1)c1ccc(Br)cc1. The Morgan fingerprint density at radius 1 is 1.04 bits per heavy atom. The number of hydrogen-bond donors (Lipinski definition) is 1. The van der Waals surface area contributed by atoms with Crippen LogP contribution in [-0.2, 0) is 0 Å². The molecule has 3 nitrogen and oxygen atoms in total. The fourth-order valence-corrected chi connectivity index (χ4v) is 2.69. The van der Waals surface area contributed by atoms with E-state index in [-0.39, 0.29) is 11.9 Å². The summed E-state index contributed by atoms with van der Waals surface area (Å²) in [5.74, 6) is 0.115. The Balaban J connectivity index is 1.79. The van der Waals surface area contributed by atoms with E-state index in [9.17, 15) is 4.79 Å². The highest BCUT2D eigenvalue weighted by Gasteiger charge is 2.19. The highest BCUT2D eigenvalue weighted by molar-refractivity contribution is 9.10. The minimum Gasteiger partial charge on any atom is -0.459 e. The third kappa shape index (κ3) is 3.54. The van der Waals surface area contributed by atoms with Gasteiger partial charge in [-0.15, -0.1) is 0 Å². The molecule has 3 aromatic rings. The van der Waals surface area contributed by atoms with Crippen LogP contribution in [0, 0.1) is 0 Å². The molecule has 1 aromatic heterocycles. The van der Waals surface area contributed by atoms with Crippen LogP contribution in [0.5, 0.6) is 0 Å². The highest BCUT2D eigenvalue weighted by atomic mass is 79.9. The molecule has 1 unspecified atom stereocenters. The zero-order valence-corrected chi connectivity index (χ0v) is 14.2. The summed E-state index contributed by atoms with van der Waals surface area (Å²) in [5.41, 5.74) is 2.79. The van der Waals surface area contributed by atoms with Crippen molar-refractivity contribution in [2.45, 2.75) is 13.0 Å². The maximum atomic E-state index is 12.5. The van der Waals surface area contributed by atoms with E-state index in [1.807, 2.05) is 67.6 Å². The summed E-state index contributed by atoms with van der Waals surface area (Å²) in [6.45, 7) is 1.95. The fraction of sp³-hybridized carbons (Fsp3) is 0.105. The summed E-state index contributed by atoms with van der Waals surface area (Å²) >= 11 is 3.41. The molecule has 0 spiro atoms. The van der Waals surface area contributed by atoms with Crippen LogP contribution in [0.2, 0.25) is 0 Å². The Morgan fingerprint density at radius 2 is 1.74 bits per heavy atom. The van der Waals surface area contributed by atoms with Gasteiger partial charge in [-0.2, -0.15) is 0 Å². The maximum Gasteiger partial charge on any atom is 0.288 e. The van der Waals surface area contributed by atoms with E-state index in [0.717, 1.165) is 21.2 Å². The Kier molecular flexibility index (Phi) is 4.63. The summed E-state index contributed by atoms with van der Waals surface area (Å²) in [5, 5.41) is 2.98. The lowest BCUT2D eigenvalue weighted by molar-refractivity contribution is 0.0913. The molecule has 2 aromatic carbocycles. The average Bonchev–Trinajstić information content (AvgIpc) is 3.06. The molecule has 4 heteroatoms. The summed E-state index contributed by atoms with van der Waals surface area (Å²) < 4.78 is 6.43. The second-order valence-electron chi connectivity index (χ2n) is 5.28. The molecule has 0 bridgehead atoms. The van der Waals surface area contributed by atoms with Gasteiger partial charge in [0, 0.05) is 10.0 Å². The van der Waals surface area contributed by atoms with E-state index in [1.54, 1.807) is 6.26 Å². The number of nitrogens with one attached hydrogen (secondary N) is 1. The van der Waals surface area contributed by atoms with Crippen molar-refractivity contribution in [3.05, 3.63) is 82.7 Å². The van der Waals surface area contributed by atoms with Crippen LogP contribution >= 0.6 is 15.9 Å². The van der Waals surface area contributed by atoms with E-state index < -0.39 is 0 Å². The van der Waals surface area contributed by atoms with Gasteiger partial charge in [0.15, 0.2) is 5.76 Å². The second kappa shape index (κ2) is 6.84. The lowest BCUT2D eigenvalue weighted by Crippen LogP contribution is -2.26. The van der Waals surface area contributed by atoms with Crippen LogP contribution in [0.1, 0.15) is 29.1 Å². The van der Waals surface area contributed by atoms with Crippen LogP contribution in [0.4, 0.5) is 0 Å². The molecule has 1 amide bonds. The van der Waals surface area contributed by atoms with Crippen LogP contribution in [0.15, 0.2) is 75.8 Å². The molecule has 1 atom stereocenters. The van der Waals surface area contributed by atoms with Crippen molar-refractivity contribution < 1.29 is 9.21 Å². The molecule has 1 heterocycles. The topological polar surface area (TPSA) is 42.2 Å². The molecule has 0 aliphatic carbocycles. The predicted octanol–water partition coefficient (Wildman–Crippen LogP) is 5.20. The van der Waals surface area contributed by atoms with E-state index >= 15 is 0 Å². The molecule has 116 valence electrons. The molecule has 23 heavy (non-hydrogen) atoms. The monoisotopic (exact) mass is 369 g/mol. The largest absolute Gasteiger partial charge is 0.459 e. The zero-order valence-electron chi connectivity index (χ0n) is 12.6. The number of carbonyl (C=O) groups excluding carboxylic acids is 1. The fourth-order valence-electron chi connectivity index (χ4n) is 2.43. The standard InChI is InChI=1S/C19H16BrNO2/c1-13(14-7-9-16(20)10-8-14)21-19(22)18-17(11-12-23-18)15-5-3-2-4-6-15/h2-13H,1H3,(H,21,22). The molecular formula is C19H16BrNO2. The predicted molar refractivity (Wildman–Crippen MR) is 94.2 cm³/mol. The first kappa shape index (κ1) is 15.6. The minimum atomic E-state index is -0.218. The number of furan rings is 1. The van der Waals surface area contributed by atoms with Crippen molar-refractivity contribution >= 4 is 21.8 Å². The number of benzene rings is 2. The molecule has 3 rings (SSSR count). The van der Waals surface area contributed by atoms with Crippen LogP contribution in [0.25, 0.3) is 11.1 Å². The molecule has 0 aliphatic heterocycles. The number of hydrogen-bond acceptors (Lipinski definition) is 2. The normalized spacial score (nSPS) is 11.9. The maximum absolute atomic E-state index is 12.5.